The lowest BCUT2D eigenvalue weighted by atomic mass is 9.85. The maximum atomic E-state index is 12.7. The molecule has 3 nitrogen and oxygen atoms in total. The van der Waals surface area contributed by atoms with Crippen molar-refractivity contribution in [3.05, 3.63) is 29.3 Å². The number of anilines is 1. The van der Waals surface area contributed by atoms with Crippen LogP contribution in [0.3, 0.4) is 0 Å². The minimum atomic E-state index is 0.194. The van der Waals surface area contributed by atoms with Crippen LogP contribution in [0.25, 0.3) is 0 Å². The predicted octanol–water partition coefficient (Wildman–Crippen LogP) is 3.31. The molecule has 3 heteroatoms. The summed E-state index contributed by atoms with van der Waals surface area (Å²) in [5.41, 5.74) is 3.68. The van der Waals surface area contributed by atoms with Crippen LogP contribution in [0.2, 0.25) is 0 Å². The Morgan fingerprint density at radius 2 is 2.10 bits per heavy atom. The zero-order valence-electron chi connectivity index (χ0n) is 12.5. The van der Waals surface area contributed by atoms with Crippen molar-refractivity contribution >= 4 is 11.6 Å². The van der Waals surface area contributed by atoms with Gasteiger partial charge in [-0.1, -0.05) is 19.9 Å². The van der Waals surface area contributed by atoms with E-state index in [1.807, 2.05) is 17.0 Å². The number of fused-ring (bicyclic) bond motifs is 1. The van der Waals surface area contributed by atoms with Crippen LogP contribution in [0.15, 0.2) is 18.2 Å². The molecular weight excluding hydrogens is 248 g/mol. The highest BCUT2D eigenvalue weighted by Crippen LogP contribution is 2.31. The van der Waals surface area contributed by atoms with Crippen LogP contribution in [0, 0.1) is 5.41 Å². The number of benzene rings is 1. The molecule has 0 aliphatic carbocycles. The van der Waals surface area contributed by atoms with E-state index in [9.17, 15) is 4.79 Å². The van der Waals surface area contributed by atoms with E-state index in [2.05, 4.69) is 25.2 Å². The average molecular weight is 272 g/mol. The summed E-state index contributed by atoms with van der Waals surface area (Å²) in [5.74, 6) is 0.194. The smallest absolute Gasteiger partial charge is 0.253 e. The summed E-state index contributed by atoms with van der Waals surface area (Å²) >= 11 is 0. The normalized spacial score (nSPS) is 21.0. The molecule has 108 valence electrons. The Morgan fingerprint density at radius 1 is 1.25 bits per heavy atom. The fourth-order valence-electron chi connectivity index (χ4n) is 3.23. The molecule has 0 bridgehead atoms. The van der Waals surface area contributed by atoms with Crippen LogP contribution < -0.4 is 5.32 Å². The molecule has 0 atom stereocenters. The molecule has 2 aliphatic rings. The highest BCUT2D eigenvalue weighted by atomic mass is 16.2. The summed E-state index contributed by atoms with van der Waals surface area (Å²) in [5, 5.41) is 3.35. The first-order valence-electron chi connectivity index (χ1n) is 7.71. The van der Waals surface area contributed by atoms with Crippen molar-refractivity contribution in [3.8, 4) is 0 Å². The Kier molecular flexibility index (Phi) is 3.45. The summed E-state index contributed by atoms with van der Waals surface area (Å²) in [6, 6.07) is 6.12. The van der Waals surface area contributed by atoms with Crippen LogP contribution in [-0.4, -0.2) is 30.4 Å². The van der Waals surface area contributed by atoms with E-state index in [4.69, 9.17) is 0 Å². The molecule has 1 aromatic carbocycles. The molecule has 1 fully saturated rings. The molecule has 1 saturated heterocycles. The number of carbonyl (C=O) groups excluding carboxylic acids is 1. The van der Waals surface area contributed by atoms with Gasteiger partial charge >= 0.3 is 0 Å². The number of hydrogen-bond donors (Lipinski definition) is 1. The Morgan fingerprint density at radius 3 is 2.95 bits per heavy atom. The first kappa shape index (κ1) is 13.5. The van der Waals surface area contributed by atoms with Gasteiger partial charge in [-0.25, -0.2) is 0 Å². The van der Waals surface area contributed by atoms with Gasteiger partial charge in [0.15, 0.2) is 0 Å². The van der Waals surface area contributed by atoms with Gasteiger partial charge in [-0.2, -0.15) is 0 Å². The van der Waals surface area contributed by atoms with Gasteiger partial charge in [-0.15, -0.1) is 0 Å². The van der Waals surface area contributed by atoms with E-state index < -0.39 is 0 Å². The lowest BCUT2D eigenvalue weighted by Crippen LogP contribution is -2.32. The lowest BCUT2D eigenvalue weighted by Gasteiger charge is -2.23. The molecule has 0 saturated carbocycles. The van der Waals surface area contributed by atoms with Crippen molar-refractivity contribution < 1.29 is 4.79 Å². The van der Waals surface area contributed by atoms with Crippen molar-refractivity contribution in [2.45, 2.75) is 39.5 Å². The number of hydrogen-bond acceptors (Lipinski definition) is 2. The number of carbonyl (C=O) groups is 1. The van der Waals surface area contributed by atoms with E-state index in [-0.39, 0.29) is 5.91 Å². The molecule has 2 heterocycles. The zero-order chi connectivity index (χ0) is 14.2. The fourth-order valence-corrected chi connectivity index (χ4v) is 3.23. The van der Waals surface area contributed by atoms with Crippen molar-refractivity contribution in [2.75, 3.05) is 25.0 Å². The van der Waals surface area contributed by atoms with Gasteiger partial charge in [0.25, 0.3) is 5.91 Å². The first-order valence-corrected chi connectivity index (χ1v) is 7.71. The molecule has 0 unspecified atom stereocenters. The maximum Gasteiger partial charge on any atom is 0.253 e. The second-order valence-corrected chi connectivity index (χ2v) is 6.86. The largest absolute Gasteiger partial charge is 0.384 e. The number of rotatable bonds is 1. The Balaban J connectivity index is 1.75. The molecule has 1 amide bonds. The lowest BCUT2D eigenvalue weighted by molar-refractivity contribution is 0.0757. The van der Waals surface area contributed by atoms with Crippen molar-refractivity contribution in [3.63, 3.8) is 0 Å². The van der Waals surface area contributed by atoms with Crippen LogP contribution in [-0.2, 0) is 6.42 Å². The molecule has 1 aromatic rings. The maximum absolute atomic E-state index is 12.7. The second kappa shape index (κ2) is 5.12. The number of nitrogens with zero attached hydrogens (tertiary/aromatic N) is 1. The summed E-state index contributed by atoms with van der Waals surface area (Å²) in [6.45, 7) is 7.38. The molecule has 1 N–H and O–H groups in total. The molecule has 2 aliphatic heterocycles. The molecule has 0 radical (unpaired) electrons. The quantitative estimate of drug-likeness (QED) is 0.850. The summed E-state index contributed by atoms with van der Waals surface area (Å²) in [6.07, 6.45) is 4.49. The SMILES string of the molecule is CC1(C)CCCN(C(=O)c2ccc3c(c2)NCC3)CC1. The molecular formula is C17H24N2O. The van der Waals surface area contributed by atoms with Gasteiger partial charge in [0.2, 0.25) is 0 Å². The topological polar surface area (TPSA) is 32.3 Å². The Hall–Kier alpha value is -1.51. The van der Waals surface area contributed by atoms with Crippen LogP contribution in [0.5, 0.6) is 0 Å². The van der Waals surface area contributed by atoms with Gasteiger partial charge in [-0.3, -0.25) is 4.79 Å². The van der Waals surface area contributed by atoms with Gasteiger partial charge in [0.1, 0.15) is 0 Å². The highest BCUT2D eigenvalue weighted by molar-refractivity contribution is 5.95. The summed E-state index contributed by atoms with van der Waals surface area (Å²) < 4.78 is 0. The number of amides is 1. The van der Waals surface area contributed by atoms with Gasteiger partial charge in [-0.05, 0) is 48.8 Å². The van der Waals surface area contributed by atoms with Gasteiger partial charge < -0.3 is 10.2 Å². The first-order chi connectivity index (χ1) is 9.55. The molecule has 0 spiro atoms. The van der Waals surface area contributed by atoms with Gasteiger partial charge in [0.05, 0.1) is 0 Å². The third kappa shape index (κ3) is 2.67. The third-order valence-electron chi connectivity index (χ3n) is 4.69. The fraction of sp³-hybridized carbons (Fsp3) is 0.588. The molecule has 20 heavy (non-hydrogen) atoms. The monoisotopic (exact) mass is 272 g/mol. The summed E-state index contributed by atoms with van der Waals surface area (Å²) in [7, 11) is 0. The van der Waals surface area contributed by atoms with E-state index in [1.54, 1.807) is 0 Å². The highest BCUT2D eigenvalue weighted by Gasteiger charge is 2.26. The minimum Gasteiger partial charge on any atom is -0.384 e. The Labute approximate surface area is 121 Å². The predicted molar refractivity (Wildman–Crippen MR) is 82.2 cm³/mol. The second-order valence-electron chi connectivity index (χ2n) is 6.86. The van der Waals surface area contributed by atoms with E-state index in [0.717, 1.165) is 50.1 Å². The average Bonchev–Trinajstić information content (AvgIpc) is 2.81. The third-order valence-corrected chi connectivity index (χ3v) is 4.69. The molecule has 3 rings (SSSR count). The van der Waals surface area contributed by atoms with Crippen LogP contribution in [0.1, 0.15) is 49.0 Å². The van der Waals surface area contributed by atoms with Crippen LogP contribution >= 0.6 is 0 Å². The summed E-state index contributed by atoms with van der Waals surface area (Å²) in [4.78, 5) is 14.7. The molecule has 0 aromatic heterocycles. The number of nitrogens with one attached hydrogen (secondary N) is 1. The van der Waals surface area contributed by atoms with Crippen molar-refractivity contribution in [1.82, 2.24) is 4.90 Å². The minimum absolute atomic E-state index is 0.194. The van der Waals surface area contributed by atoms with Crippen molar-refractivity contribution in [1.29, 1.82) is 0 Å². The van der Waals surface area contributed by atoms with E-state index >= 15 is 0 Å². The van der Waals surface area contributed by atoms with E-state index in [1.165, 1.54) is 12.0 Å². The van der Waals surface area contributed by atoms with Crippen molar-refractivity contribution in [2.24, 2.45) is 5.41 Å². The Bertz CT molecular complexity index is 522. The van der Waals surface area contributed by atoms with E-state index in [0.29, 0.717) is 5.41 Å². The zero-order valence-corrected chi connectivity index (χ0v) is 12.5. The van der Waals surface area contributed by atoms with Crippen LogP contribution in [0.4, 0.5) is 5.69 Å². The standard InChI is InChI=1S/C17H24N2O/c1-17(2)7-3-10-19(11-8-17)16(20)14-5-4-13-6-9-18-15(13)12-14/h4-5,12,18H,3,6-11H2,1-2H3. The number of likely N-dealkylation sites (tertiary alicyclic amines) is 1. The van der Waals surface area contributed by atoms with Gasteiger partial charge in [0, 0.05) is 30.9 Å².